The van der Waals surface area contributed by atoms with E-state index < -0.39 is 27.9 Å². The summed E-state index contributed by atoms with van der Waals surface area (Å²) in [6.07, 6.45) is 6.38. The summed E-state index contributed by atoms with van der Waals surface area (Å²) in [5, 5.41) is 6.38. The third kappa shape index (κ3) is 6.88. The maximum absolute atomic E-state index is 13.6. The van der Waals surface area contributed by atoms with Crippen molar-refractivity contribution < 1.29 is 18.0 Å². The Morgan fingerprint density at radius 3 is 2.52 bits per heavy atom. The van der Waals surface area contributed by atoms with E-state index in [2.05, 4.69) is 20.1 Å². The van der Waals surface area contributed by atoms with Crippen LogP contribution in [0.3, 0.4) is 0 Å². The van der Waals surface area contributed by atoms with Gasteiger partial charge in [0.25, 0.3) is 15.9 Å². The Bertz CT molecular complexity index is 1750. The average Bonchev–Trinajstić information content (AvgIpc) is 3.44. The molecule has 4 N–H and O–H groups in total. The Hall–Kier alpha value is -3.61. The second-order valence-corrected chi connectivity index (χ2v) is 12.8. The number of hydrogen-bond donors (Lipinski definition) is 4. The Kier molecular flexibility index (Phi) is 9.05. The van der Waals surface area contributed by atoms with Crippen LogP contribution in [0.1, 0.15) is 15.9 Å². The number of rotatable bonds is 9. The highest BCUT2D eigenvalue weighted by atomic mass is 35.5. The monoisotopic (exact) mass is 661 g/mol. The van der Waals surface area contributed by atoms with Crippen molar-refractivity contribution in [2.24, 2.45) is 0 Å². The summed E-state index contributed by atoms with van der Waals surface area (Å²) in [6.45, 7) is 0. The third-order valence-electron chi connectivity index (χ3n) is 6.15. The molecule has 0 radical (unpaired) electrons. The quantitative estimate of drug-likeness (QED) is 0.205. The first-order valence-electron chi connectivity index (χ1n) is 12.3. The molecule has 216 valence electrons. The maximum atomic E-state index is 13.6. The summed E-state index contributed by atoms with van der Waals surface area (Å²) in [6, 6.07) is 16.8. The number of anilines is 2. The second kappa shape index (κ2) is 12.7. The van der Waals surface area contributed by atoms with Crippen LogP contribution in [-0.2, 0) is 21.2 Å². The van der Waals surface area contributed by atoms with Gasteiger partial charge in [-0.15, -0.1) is 0 Å². The molecule has 0 aromatic heterocycles. The molecule has 42 heavy (non-hydrogen) atoms. The molecule has 3 aromatic carbocycles. The molecule has 0 fully saturated rings. The van der Waals surface area contributed by atoms with E-state index in [0.29, 0.717) is 27.0 Å². The number of fused-ring (bicyclic) bond motifs is 1. The number of nitrogens with zero attached hydrogens (tertiary/aromatic N) is 1. The van der Waals surface area contributed by atoms with Crippen LogP contribution in [0.5, 0.6) is 0 Å². The van der Waals surface area contributed by atoms with Crippen LogP contribution < -0.4 is 20.1 Å². The van der Waals surface area contributed by atoms with Gasteiger partial charge in [-0.1, -0.05) is 59.1 Å². The summed E-state index contributed by atoms with van der Waals surface area (Å²) in [5.74, 6) is -1.19. The molecule has 5 rings (SSSR count). The summed E-state index contributed by atoms with van der Waals surface area (Å²) < 4.78 is 33.9. The van der Waals surface area contributed by atoms with Gasteiger partial charge in [0.2, 0.25) is 5.91 Å². The molecule has 0 bridgehead atoms. The fourth-order valence-electron chi connectivity index (χ4n) is 4.16. The van der Waals surface area contributed by atoms with Gasteiger partial charge in [0.1, 0.15) is 10.9 Å². The number of para-hydroxylation sites is 1. The molecule has 0 saturated carbocycles. The van der Waals surface area contributed by atoms with Crippen LogP contribution in [-0.4, -0.2) is 30.6 Å². The molecule has 9 nitrogen and oxygen atoms in total. The van der Waals surface area contributed by atoms with Gasteiger partial charge in [0.15, 0.2) is 0 Å². The Morgan fingerprint density at radius 2 is 1.76 bits per heavy atom. The summed E-state index contributed by atoms with van der Waals surface area (Å²) in [5.41, 5.74) is 1.51. The molecular weight excluding hydrogens is 641 g/mol. The van der Waals surface area contributed by atoms with Crippen molar-refractivity contribution in [3.05, 3.63) is 128 Å². The van der Waals surface area contributed by atoms with Crippen LogP contribution >= 0.6 is 46.9 Å². The second-order valence-electron chi connectivity index (χ2n) is 9.07. The minimum Gasteiger partial charge on any atom is -0.340 e. The Morgan fingerprint density at radius 1 is 0.976 bits per heavy atom. The van der Waals surface area contributed by atoms with Crippen molar-refractivity contribution in [3.63, 3.8) is 0 Å². The molecule has 2 aliphatic rings. The molecular formula is C28H22Cl3N5O4S2. The smallest absolute Gasteiger partial charge is 0.264 e. The number of carbonyl (C=O) groups is 2. The van der Waals surface area contributed by atoms with Crippen molar-refractivity contribution >= 4 is 80.1 Å². The fraction of sp³-hybridized carbons (Fsp3) is 0.0714. The SMILES string of the molecule is O=C(N[C@@H](Cc1ccc(Cl)c(Cl)c1)C(=O)Nc1ccccc1)c1ccc(Cl)cc1NS(=O)(=O)C1=CC=CN2SNC=C12. The zero-order valence-electron chi connectivity index (χ0n) is 21.5. The maximum Gasteiger partial charge on any atom is 0.264 e. The number of sulfonamides is 1. The highest BCUT2D eigenvalue weighted by Gasteiger charge is 2.31. The van der Waals surface area contributed by atoms with Gasteiger partial charge in [-0.05, 0) is 60.2 Å². The van der Waals surface area contributed by atoms with Gasteiger partial charge in [-0.25, -0.2) is 8.42 Å². The van der Waals surface area contributed by atoms with Gasteiger partial charge < -0.3 is 15.4 Å². The van der Waals surface area contributed by atoms with Crippen molar-refractivity contribution in [2.45, 2.75) is 12.5 Å². The molecule has 3 aromatic rings. The summed E-state index contributed by atoms with van der Waals surface area (Å²) in [7, 11) is -4.15. The lowest BCUT2D eigenvalue weighted by Gasteiger charge is -2.22. The highest BCUT2D eigenvalue weighted by molar-refractivity contribution is 7.97. The van der Waals surface area contributed by atoms with Crippen LogP contribution in [0.15, 0.2) is 102 Å². The van der Waals surface area contributed by atoms with E-state index in [1.807, 2.05) is 6.07 Å². The third-order valence-corrected chi connectivity index (χ3v) is 9.28. The molecule has 14 heteroatoms. The number of nitrogens with one attached hydrogen (secondary N) is 4. The van der Waals surface area contributed by atoms with Crippen LogP contribution in [0.25, 0.3) is 0 Å². The summed E-state index contributed by atoms with van der Waals surface area (Å²) >= 11 is 19.6. The van der Waals surface area contributed by atoms with Gasteiger partial charge in [-0.3, -0.25) is 18.6 Å². The molecule has 0 saturated heterocycles. The first kappa shape index (κ1) is 29.9. The first-order valence-corrected chi connectivity index (χ1v) is 15.7. The van der Waals surface area contributed by atoms with E-state index in [4.69, 9.17) is 34.8 Å². The van der Waals surface area contributed by atoms with Crippen molar-refractivity contribution in [2.75, 3.05) is 10.0 Å². The van der Waals surface area contributed by atoms with Crippen LogP contribution in [0.4, 0.5) is 11.4 Å². The number of halogens is 3. The van der Waals surface area contributed by atoms with Crippen molar-refractivity contribution in [3.8, 4) is 0 Å². The molecule has 0 unspecified atom stereocenters. The Balaban J connectivity index is 1.42. The molecule has 0 aliphatic carbocycles. The lowest BCUT2D eigenvalue weighted by Crippen LogP contribution is -2.45. The largest absolute Gasteiger partial charge is 0.340 e. The predicted molar refractivity (Wildman–Crippen MR) is 168 cm³/mol. The highest BCUT2D eigenvalue weighted by Crippen LogP contribution is 2.34. The molecule has 0 spiro atoms. The van der Waals surface area contributed by atoms with Crippen molar-refractivity contribution in [1.29, 1.82) is 0 Å². The van der Waals surface area contributed by atoms with E-state index in [1.54, 1.807) is 65.2 Å². The lowest BCUT2D eigenvalue weighted by atomic mass is 10.0. The first-order chi connectivity index (χ1) is 20.1. The van der Waals surface area contributed by atoms with Crippen LogP contribution in [0, 0.1) is 0 Å². The number of benzene rings is 3. The normalized spacial score (nSPS) is 14.7. The summed E-state index contributed by atoms with van der Waals surface area (Å²) in [4.78, 5) is 27.0. The molecule has 2 heterocycles. The van der Waals surface area contributed by atoms with Gasteiger partial charge in [0.05, 0.1) is 39.1 Å². The topological polar surface area (TPSA) is 120 Å². The number of carbonyl (C=O) groups excluding carboxylic acids is 2. The predicted octanol–water partition coefficient (Wildman–Crippen LogP) is 6.09. The number of allylic oxidation sites excluding steroid dienone is 2. The van der Waals surface area contributed by atoms with Gasteiger partial charge in [0, 0.05) is 29.5 Å². The zero-order chi connectivity index (χ0) is 29.9. The van der Waals surface area contributed by atoms with E-state index in [9.17, 15) is 18.0 Å². The number of amides is 2. The average molecular weight is 663 g/mol. The van der Waals surface area contributed by atoms with E-state index >= 15 is 0 Å². The molecule has 1 atom stereocenters. The zero-order valence-corrected chi connectivity index (χ0v) is 25.4. The molecule has 2 aliphatic heterocycles. The van der Waals surface area contributed by atoms with E-state index in [0.717, 1.165) is 0 Å². The van der Waals surface area contributed by atoms with E-state index in [-0.39, 0.29) is 27.6 Å². The number of hydrogen-bond acceptors (Lipinski definition) is 7. The van der Waals surface area contributed by atoms with Crippen molar-refractivity contribution in [1.82, 2.24) is 14.3 Å². The standard InChI is InChI=1S/C28H22Cl3N5O4S2/c29-18-9-10-20(23(15-18)35-42(39,40)26-7-4-12-36-25(26)16-32-41-36)27(37)34-24(14-17-8-11-21(30)22(31)13-17)28(38)33-19-5-2-1-3-6-19/h1-13,15-16,24,32,35H,14H2,(H,33,38)(H,34,37)/t24-/m0/s1. The van der Waals surface area contributed by atoms with E-state index in [1.165, 1.54) is 36.4 Å². The van der Waals surface area contributed by atoms with Crippen LogP contribution in [0.2, 0.25) is 15.1 Å². The lowest BCUT2D eigenvalue weighted by molar-refractivity contribution is -0.118. The Labute approximate surface area is 261 Å². The van der Waals surface area contributed by atoms with Gasteiger partial charge in [-0.2, -0.15) is 0 Å². The fourth-order valence-corrected chi connectivity index (χ4v) is 6.63. The minimum absolute atomic E-state index is 0.00596. The van der Waals surface area contributed by atoms with Gasteiger partial charge >= 0.3 is 0 Å². The molecule has 2 amide bonds. The minimum atomic E-state index is -4.15.